The van der Waals surface area contributed by atoms with Gasteiger partial charge >= 0.3 is 18.4 Å². The number of halogens is 3. The molecule has 0 atom stereocenters. The topological polar surface area (TPSA) is 111 Å². The van der Waals surface area contributed by atoms with Crippen molar-refractivity contribution in [1.29, 1.82) is 0 Å². The Labute approximate surface area is 254 Å². The Morgan fingerprint density at radius 2 is 1.84 bits per heavy atom. The molecule has 0 spiro atoms. The number of carbonyl (C=O) groups excluding carboxylic acids is 2. The molecule has 0 aliphatic carbocycles. The van der Waals surface area contributed by atoms with Crippen LogP contribution in [0, 0.1) is 6.92 Å². The van der Waals surface area contributed by atoms with Crippen LogP contribution >= 0.6 is 11.8 Å². The largest absolute Gasteiger partial charge is 0.573 e. The highest BCUT2D eigenvalue weighted by molar-refractivity contribution is 8.15. The Kier molecular flexibility index (Phi) is 9.18. The van der Waals surface area contributed by atoms with Crippen molar-refractivity contribution >= 4 is 40.2 Å². The van der Waals surface area contributed by atoms with Gasteiger partial charge in [-0.15, -0.1) is 18.3 Å². The minimum absolute atomic E-state index is 0.0673. The fourth-order valence-corrected chi connectivity index (χ4v) is 5.21. The summed E-state index contributed by atoms with van der Waals surface area (Å²) < 4.78 is 47.9. The number of hydrogen-bond donors (Lipinski definition) is 1. The Morgan fingerprint density at radius 3 is 2.55 bits per heavy atom. The van der Waals surface area contributed by atoms with E-state index in [1.807, 2.05) is 25.1 Å². The van der Waals surface area contributed by atoms with Gasteiger partial charge in [0.15, 0.2) is 5.17 Å². The standard InChI is InChI=1S/C30H27F3N6O4S/c1-3-4-21-8-5-19(2)15-25(21)39-26(40)17-44-29(39)36-27(41)35-22-9-6-20(7-10-22)16-42-28-34-18-38(37-28)23-11-13-24(14-12-23)43-30(31,32)33/h5-15,18H,3-4,16-17H2,1-2H3,(H,35,41)/b36-29-. The number of ether oxygens (including phenoxy) is 2. The van der Waals surface area contributed by atoms with Gasteiger partial charge in [0.1, 0.15) is 18.7 Å². The summed E-state index contributed by atoms with van der Waals surface area (Å²) in [5.74, 6) is -0.263. The first-order valence-corrected chi connectivity index (χ1v) is 14.5. The van der Waals surface area contributed by atoms with Crippen molar-refractivity contribution in [3.63, 3.8) is 0 Å². The van der Waals surface area contributed by atoms with Crippen molar-refractivity contribution in [3.8, 4) is 17.4 Å². The number of aryl methyl sites for hydroxylation is 2. The molecule has 0 radical (unpaired) electrons. The van der Waals surface area contributed by atoms with E-state index in [1.165, 1.54) is 51.9 Å². The summed E-state index contributed by atoms with van der Waals surface area (Å²) in [5.41, 5.74) is 4.53. The predicted molar refractivity (Wildman–Crippen MR) is 160 cm³/mol. The first-order chi connectivity index (χ1) is 21.1. The number of carbonyl (C=O) groups is 2. The zero-order valence-electron chi connectivity index (χ0n) is 23.7. The number of benzene rings is 3. The number of amides is 3. The molecule has 44 heavy (non-hydrogen) atoms. The van der Waals surface area contributed by atoms with Gasteiger partial charge < -0.3 is 14.8 Å². The van der Waals surface area contributed by atoms with Gasteiger partial charge in [0.25, 0.3) is 0 Å². The maximum Gasteiger partial charge on any atom is 0.573 e. The lowest BCUT2D eigenvalue weighted by atomic mass is 10.0. The Bertz CT molecular complexity index is 1670. The second kappa shape index (κ2) is 13.2. The highest BCUT2D eigenvalue weighted by atomic mass is 32.2. The van der Waals surface area contributed by atoms with Crippen LogP contribution in [0.3, 0.4) is 0 Å². The molecule has 3 aromatic carbocycles. The molecule has 3 amide bonds. The molecule has 0 bridgehead atoms. The number of nitrogens with one attached hydrogen (secondary N) is 1. The number of rotatable bonds is 9. The minimum Gasteiger partial charge on any atom is -0.458 e. The lowest BCUT2D eigenvalue weighted by Crippen LogP contribution is -2.31. The lowest BCUT2D eigenvalue weighted by Gasteiger charge is -2.20. The molecule has 1 aliphatic heterocycles. The highest BCUT2D eigenvalue weighted by Gasteiger charge is 2.32. The van der Waals surface area contributed by atoms with E-state index in [0.29, 0.717) is 16.5 Å². The van der Waals surface area contributed by atoms with E-state index in [-0.39, 0.29) is 30.0 Å². The van der Waals surface area contributed by atoms with E-state index in [9.17, 15) is 22.8 Å². The number of nitrogens with zero attached hydrogens (tertiary/aromatic N) is 5. The van der Waals surface area contributed by atoms with Crippen LogP contribution in [-0.2, 0) is 17.8 Å². The number of thioether (sulfide) groups is 1. The number of anilines is 2. The Morgan fingerprint density at radius 1 is 1.09 bits per heavy atom. The van der Waals surface area contributed by atoms with Crippen molar-refractivity contribution in [1.82, 2.24) is 14.8 Å². The zero-order chi connectivity index (χ0) is 31.3. The minimum atomic E-state index is -4.77. The van der Waals surface area contributed by atoms with Crippen LogP contribution in [0.5, 0.6) is 11.8 Å². The quantitative estimate of drug-likeness (QED) is 0.221. The average Bonchev–Trinajstić information content (AvgIpc) is 3.60. The van der Waals surface area contributed by atoms with Gasteiger partial charge in [0.2, 0.25) is 5.91 Å². The second-order valence-corrected chi connectivity index (χ2v) is 10.7. The summed E-state index contributed by atoms with van der Waals surface area (Å²) in [6.07, 6.45) is -1.68. The third-order valence-corrected chi connectivity index (χ3v) is 7.27. The molecule has 1 aliphatic rings. The maximum atomic E-state index is 12.8. The number of amidine groups is 1. The zero-order valence-corrected chi connectivity index (χ0v) is 24.5. The molecular formula is C30H27F3N6O4S. The molecule has 14 heteroatoms. The summed E-state index contributed by atoms with van der Waals surface area (Å²) in [5, 5.41) is 7.24. The maximum absolute atomic E-state index is 12.8. The number of urea groups is 1. The van der Waals surface area contributed by atoms with Crippen molar-refractivity contribution < 1.29 is 32.2 Å². The van der Waals surface area contributed by atoms with Crippen LogP contribution < -0.4 is 19.7 Å². The fraction of sp³-hybridized carbons (Fsp3) is 0.233. The molecule has 1 aromatic heterocycles. The Balaban J connectivity index is 1.17. The van der Waals surface area contributed by atoms with Crippen molar-refractivity contribution in [2.24, 2.45) is 4.99 Å². The van der Waals surface area contributed by atoms with Crippen LogP contribution in [0.25, 0.3) is 5.69 Å². The molecule has 0 saturated carbocycles. The third-order valence-electron chi connectivity index (χ3n) is 6.34. The molecule has 10 nitrogen and oxygen atoms in total. The van der Waals surface area contributed by atoms with Crippen molar-refractivity contribution in [3.05, 3.63) is 89.7 Å². The SMILES string of the molecule is CCCc1ccc(C)cc1N1C(=O)CS/C1=N\C(=O)Nc1ccc(COc2ncn(-c3ccc(OC(F)(F)F)cc3)n2)cc1. The first kappa shape index (κ1) is 30.6. The van der Waals surface area contributed by atoms with E-state index in [0.717, 1.165) is 35.2 Å². The smallest absolute Gasteiger partial charge is 0.458 e. The van der Waals surface area contributed by atoms with Crippen molar-refractivity contribution in [2.45, 2.75) is 39.7 Å². The molecule has 2 heterocycles. The number of alkyl halides is 3. The monoisotopic (exact) mass is 624 g/mol. The van der Waals surface area contributed by atoms with Crippen LogP contribution in [0.1, 0.15) is 30.0 Å². The summed E-state index contributed by atoms with van der Waals surface area (Å²) in [4.78, 5) is 35.3. The highest BCUT2D eigenvalue weighted by Crippen LogP contribution is 2.31. The average molecular weight is 625 g/mol. The predicted octanol–water partition coefficient (Wildman–Crippen LogP) is 6.67. The van der Waals surface area contributed by atoms with E-state index in [2.05, 4.69) is 32.1 Å². The first-order valence-electron chi connectivity index (χ1n) is 13.5. The van der Waals surface area contributed by atoms with Crippen LogP contribution in [0.4, 0.5) is 29.3 Å². The summed E-state index contributed by atoms with van der Waals surface area (Å²) in [6, 6.07) is 17.5. The molecular weight excluding hydrogens is 597 g/mol. The van der Waals surface area contributed by atoms with Crippen LogP contribution in [-0.4, -0.2) is 44.0 Å². The van der Waals surface area contributed by atoms with Gasteiger partial charge in [-0.05, 0) is 72.5 Å². The van der Waals surface area contributed by atoms with E-state index >= 15 is 0 Å². The van der Waals surface area contributed by atoms with E-state index < -0.39 is 12.4 Å². The fourth-order valence-electron chi connectivity index (χ4n) is 4.35. The number of aliphatic imine (C=N–C) groups is 1. The van der Waals surface area contributed by atoms with Gasteiger partial charge in [0, 0.05) is 5.69 Å². The van der Waals surface area contributed by atoms with E-state index in [4.69, 9.17) is 4.74 Å². The summed E-state index contributed by atoms with van der Waals surface area (Å²) >= 11 is 1.22. The molecule has 1 fully saturated rings. The molecule has 5 rings (SSSR count). The lowest BCUT2D eigenvalue weighted by molar-refractivity contribution is -0.274. The normalized spacial score (nSPS) is 14.2. The van der Waals surface area contributed by atoms with Gasteiger partial charge in [-0.3, -0.25) is 9.69 Å². The molecule has 1 N–H and O–H groups in total. The van der Waals surface area contributed by atoms with Crippen molar-refractivity contribution in [2.75, 3.05) is 16.0 Å². The second-order valence-electron chi connectivity index (χ2n) is 9.72. The Hall–Kier alpha value is -4.85. The summed E-state index contributed by atoms with van der Waals surface area (Å²) in [6.45, 7) is 4.15. The molecule has 4 aromatic rings. The summed E-state index contributed by atoms with van der Waals surface area (Å²) in [7, 11) is 0. The third kappa shape index (κ3) is 7.75. The van der Waals surface area contributed by atoms with Gasteiger partial charge in [-0.1, -0.05) is 49.4 Å². The van der Waals surface area contributed by atoms with E-state index in [1.54, 1.807) is 24.3 Å². The van der Waals surface area contributed by atoms with Crippen LogP contribution in [0.15, 0.2) is 78.0 Å². The van der Waals surface area contributed by atoms with Gasteiger partial charge in [-0.2, -0.15) is 9.98 Å². The van der Waals surface area contributed by atoms with Gasteiger partial charge in [-0.25, -0.2) is 9.48 Å². The number of aromatic nitrogens is 3. The molecule has 228 valence electrons. The van der Waals surface area contributed by atoms with Gasteiger partial charge in [0.05, 0.1) is 17.1 Å². The number of hydrogen-bond acceptors (Lipinski definition) is 7. The molecule has 1 saturated heterocycles. The molecule has 0 unspecified atom stereocenters. The van der Waals surface area contributed by atoms with Crippen LogP contribution in [0.2, 0.25) is 0 Å².